The molecule has 2 saturated heterocycles. The van der Waals surface area contributed by atoms with Gasteiger partial charge >= 0.3 is 5.97 Å². The average molecular weight is 240 g/mol. The summed E-state index contributed by atoms with van der Waals surface area (Å²) in [6, 6.07) is -0.701. The number of carbonyl (C=O) groups is 3. The van der Waals surface area contributed by atoms with Gasteiger partial charge in [-0.1, -0.05) is 0 Å². The van der Waals surface area contributed by atoms with Crippen molar-refractivity contribution >= 4 is 17.8 Å². The molecule has 2 heterocycles. The number of carbonyl (C=O) groups excluding carboxylic acids is 2. The molecule has 0 aliphatic carbocycles. The zero-order valence-corrected chi connectivity index (χ0v) is 9.52. The van der Waals surface area contributed by atoms with E-state index in [1.807, 2.05) is 0 Å². The Bertz CT molecular complexity index is 355. The van der Waals surface area contributed by atoms with Crippen LogP contribution in [0.4, 0.5) is 0 Å². The number of carboxylic acids is 1. The first kappa shape index (κ1) is 11.9. The molecule has 6 nitrogen and oxygen atoms in total. The molecule has 94 valence electrons. The van der Waals surface area contributed by atoms with Gasteiger partial charge in [0.25, 0.3) is 0 Å². The largest absolute Gasteiger partial charge is 0.480 e. The monoisotopic (exact) mass is 240 g/mol. The van der Waals surface area contributed by atoms with Crippen molar-refractivity contribution in [1.82, 2.24) is 10.2 Å². The number of hydrogen-bond acceptors (Lipinski definition) is 3. The first-order valence-electron chi connectivity index (χ1n) is 5.89. The molecule has 2 rings (SSSR count). The Balaban J connectivity index is 2.03. The molecule has 0 radical (unpaired) electrons. The first-order chi connectivity index (χ1) is 8.09. The van der Waals surface area contributed by atoms with Crippen LogP contribution < -0.4 is 5.32 Å². The van der Waals surface area contributed by atoms with Crippen LogP contribution in [0.15, 0.2) is 0 Å². The molecule has 0 aromatic rings. The Morgan fingerprint density at radius 1 is 1.35 bits per heavy atom. The third-order valence-corrected chi connectivity index (χ3v) is 3.42. The van der Waals surface area contributed by atoms with Crippen molar-refractivity contribution in [3.63, 3.8) is 0 Å². The summed E-state index contributed by atoms with van der Waals surface area (Å²) in [5, 5.41) is 11.7. The Labute approximate surface area is 99.0 Å². The lowest BCUT2D eigenvalue weighted by Gasteiger charge is -2.28. The van der Waals surface area contributed by atoms with E-state index in [0.717, 1.165) is 6.42 Å². The van der Waals surface area contributed by atoms with Crippen molar-refractivity contribution in [1.29, 1.82) is 0 Å². The van der Waals surface area contributed by atoms with Crippen molar-refractivity contribution in [2.75, 3.05) is 13.1 Å². The van der Waals surface area contributed by atoms with E-state index in [2.05, 4.69) is 5.32 Å². The van der Waals surface area contributed by atoms with Gasteiger partial charge in [0, 0.05) is 25.4 Å². The quantitative estimate of drug-likeness (QED) is 0.687. The number of carboxylic acid groups (broad SMARTS) is 1. The second kappa shape index (κ2) is 4.73. The van der Waals surface area contributed by atoms with E-state index >= 15 is 0 Å². The molecule has 2 unspecified atom stereocenters. The lowest BCUT2D eigenvalue weighted by Crippen LogP contribution is -2.47. The van der Waals surface area contributed by atoms with Crippen molar-refractivity contribution in [3.8, 4) is 0 Å². The molecule has 6 heteroatoms. The van der Waals surface area contributed by atoms with Crippen LogP contribution in [-0.4, -0.2) is 46.9 Å². The van der Waals surface area contributed by atoms with Crippen molar-refractivity contribution < 1.29 is 19.5 Å². The Kier molecular flexibility index (Phi) is 3.31. The van der Waals surface area contributed by atoms with E-state index in [1.54, 1.807) is 0 Å². The molecule has 0 saturated carbocycles. The molecule has 0 aromatic heterocycles. The fourth-order valence-corrected chi connectivity index (χ4v) is 2.52. The lowest BCUT2D eigenvalue weighted by molar-refractivity contribution is -0.150. The van der Waals surface area contributed by atoms with Crippen LogP contribution in [-0.2, 0) is 14.4 Å². The second-order valence-electron chi connectivity index (χ2n) is 4.57. The number of aliphatic carboxylic acids is 1. The van der Waals surface area contributed by atoms with Crippen LogP contribution in [0, 0.1) is 5.92 Å². The zero-order valence-electron chi connectivity index (χ0n) is 9.52. The highest BCUT2D eigenvalue weighted by molar-refractivity contribution is 5.89. The van der Waals surface area contributed by atoms with Gasteiger partial charge in [-0.2, -0.15) is 0 Å². The number of likely N-dealkylation sites (tertiary alicyclic amines) is 1. The van der Waals surface area contributed by atoms with Crippen LogP contribution >= 0.6 is 0 Å². The molecule has 2 N–H and O–H groups in total. The molecule has 2 aliphatic heterocycles. The van der Waals surface area contributed by atoms with Crippen LogP contribution in [0.5, 0.6) is 0 Å². The van der Waals surface area contributed by atoms with Gasteiger partial charge < -0.3 is 15.3 Å². The Hall–Kier alpha value is -1.59. The maximum absolute atomic E-state index is 12.1. The Morgan fingerprint density at radius 3 is 2.76 bits per heavy atom. The molecule has 0 aromatic carbocycles. The molecule has 2 atom stereocenters. The molecule has 17 heavy (non-hydrogen) atoms. The summed E-state index contributed by atoms with van der Waals surface area (Å²) in [6.07, 6.45) is 2.02. The van der Waals surface area contributed by atoms with Gasteiger partial charge in [0.15, 0.2) is 0 Å². The summed E-state index contributed by atoms with van der Waals surface area (Å²) in [6.45, 7) is 0.995. The van der Waals surface area contributed by atoms with E-state index in [-0.39, 0.29) is 24.2 Å². The first-order valence-corrected chi connectivity index (χ1v) is 5.89. The standard InChI is InChI=1S/C11H16N2O4/c14-9-6-7(3-4-12-9)10(15)13-5-1-2-8(13)11(16)17/h7-8H,1-6H2,(H,12,14)(H,16,17). The number of piperidine rings is 1. The lowest BCUT2D eigenvalue weighted by atomic mass is 9.95. The van der Waals surface area contributed by atoms with E-state index in [4.69, 9.17) is 5.11 Å². The molecular formula is C11H16N2O4. The highest BCUT2D eigenvalue weighted by Crippen LogP contribution is 2.23. The van der Waals surface area contributed by atoms with Crippen LogP contribution in [0.25, 0.3) is 0 Å². The molecule has 2 aliphatic rings. The minimum absolute atomic E-state index is 0.124. The fourth-order valence-electron chi connectivity index (χ4n) is 2.52. The molecule has 0 bridgehead atoms. The summed E-state index contributed by atoms with van der Waals surface area (Å²) in [4.78, 5) is 35.8. The third-order valence-electron chi connectivity index (χ3n) is 3.42. The SMILES string of the molecule is O=C1CC(C(=O)N2CCCC2C(=O)O)CCN1. The maximum Gasteiger partial charge on any atom is 0.326 e. The van der Waals surface area contributed by atoms with Gasteiger partial charge in [-0.15, -0.1) is 0 Å². The van der Waals surface area contributed by atoms with Crippen molar-refractivity contribution in [2.45, 2.75) is 31.7 Å². The minimum Gasteiger partial charge on any atom is -0.480 e. The summed E-state index contributed by atoms with van der Waals surface area (Å²) in [5.74, 6) is -1.59. The number of nitrogens with one attached hydrogen (secondary N) is 1. The topological polar surface area (TPSA) is 86.7 Å². The van der Waals surface area contributed by atoms with Gasteiger partial charge in [-0.3, -0.25) is 9.59 Å². The molecule has 2 amide bonds. The maximum atomic E-state index is 12.1. The summed E-state index contributed by atoms with van der Waals surface area (Å²) in [5.41, 5.74) is 0. The predicted molar refractivity (Wildman–Crippen MR) is 58.1 cm³/mol. The predicted octanol–water partition coefficient (Wildman–Crippen LogP) is -0.412. The smallest absolute Gasteiger partial charge is 0.326 e. The van der Waals surface area contributed by atoms with Crippen LogP contribution in [0.2, 0.25) is 0 Å². The average Bonchev–Trinajstić information content (AvgIpc) is 2.77. The molecule has 2 fully saturated rings. The number of amides is 2. The molecule has 0 spiro atoms. The van der Waals surface area contributed by atoms with Gasteiger partial charge in [0.1, 0.15) is 6.04 Å². The van der Waals surface area contributed by atoms with E-state index < -0.39 is 12.0 Å². The highest BCUT2D eigenvalue weighted by atomic mass is 16.4. The van der Waals surface area contributed by atoms with E-state index in [1.165, 1.54) is 4.90 Å². The van der Waals surface area contributed by atoms with Crippen molar-refractivity contribution in [2.24, 2.45) is 5.92 Å². The van der Waals surface area contributed by atoms with Crippen molar-refractivity contribution in [3.05, 3.63) is 0 Å². The second-order valence-corrected chi connectivity index (χ2v) is 4.57. The van der Waals surface area contributed by atoms with Crippen LogP contribution in [0.1, 0.15) is 25.7 Å². The summed E-state index contributed by atoms with van der Waals surface area (Å²) >= 11 is 0. The summed E-state index contributed by atoms with van der Waals surface area (Å²) < 4.78 is 0. The number of rotatable bonds is 2. The number of nitrogens with zero attached hydrogens (tertiary/aromatic N) is 1. The van der Waals surface area contributed by atoms with Gasteiger partial charge in [0.2, 0.25) is 11.8 Å². The normalized spacial score (nSPS) is 28.9. The highest BCUT2D eigenvalue weighted by Gasteiger charge is 2.38. The van der Waals surface area contributed by atoms with E-state index in [0.29, 0.717) is 25.9 Å². The number of hydrogen-bond donors (Lipinski definition) is 2. The van der Waals surface area contributed by atoms with E-state index in [9.17, 15) is 14.4 Å². The Morgan fingerprint density at radius 2 is 2.12 bits per heavy atom. The van der Waals surface area contributed by atoms with Crippen LogP contribution in [0.3, 0.4) is 0 Å². The van der Waals surface area contributed by atoms with Gasteiger partial charge in [-0.05, 0) is 19.3 Å². The fraction of sp³-hybridized carbons (Fsp3) is 0.727. The zero-order chi connectivity index (χ0) is 12.4. The minimum atomic E-state index is -0.948. The van der Waals surface area contributed by atoms with Gasteiger partial charge in [-0.25, -0.2) is 4.79 Å². The third kappa shape index (κ3) is 2.40. The summed E-state index contributed by atoms with van der Waals surface area (Å²) in [7, 11) is 0. The van der Waals surface area contributed by atoms with Gasteiger partial charge in [0.05, 0.1) is 0 Å². The molecular weight excluding hydrogens is 224 g/mol.